The summed E-state index contributed by atoms with van der Waals surface area (Å²) in [5.41, 5.74) is -0.127. The van der Waals surface area contributed by atoms with E-state index in [1.807, 2.05) is 26.0 Å². The molecule has 0 radical (unpaired) electrons. The minimum absolute atomic E-state index is 0.322. The number of carbonyl (C=O) groups excluding carboxylic acids is 1. The average molecular weight is 278 g/mol. The molecule has 1 aromatic rings. The highest BCUT2D eigenvalue weighted by Crippen LogP contribution is 2.24. The summed E-state index contributed by atoms with van der Waals surface area (Å²) in [5.74, 6) is -0.322. The van der Waals surface area contributed by atoms with Gasteiger partial charge in [0.15, 0.2) is 0 Å². The number of ether oxygens (including phenoxy) is 1. The molecule has 0 bridgehead atoms. The van der Waals surface area contributed by atoms with Crippen LogP contribution >= 0.6 is 0 Å². The van der Waals surface area contributed by atoms with Gasteiger partial charge in [-0.15, -0.1) is 0 Å². The molecular formula is C15H23BO4. The van der Waals surface area contributed by atoms with Crippen molar-refractivity contribution in [2.45, 2.75) is 45.8 Å². The Bertz CT molecular complexity index is 446. The highest BCUT2D eigenvalue weighted by Gasteiger charge is 2.35. The Hall–Kier alpha value is -1.33. The molecule has 1 N–H and O–H groups in total. The molecule has 0 aromatic heterocycles. The van der Waals surface area contributed by atoms with Crippen molar-refractivity contribution < 1.29 is 19.3 Å². The van der Waals surface area contributed by atoms with Gasteiger partial charge in [0.1, 0.15) is 0 Å². The van der Waals surface area contributed by atoms with E-state index in [-0.39, 0.29) is 5.97 Å². The Morgan fingerprint density at radius 3 is 2.20 bits per heavy atom. The van der Waals surface area contributed by atoms with Crippen molar-refractivity contribution in [3.63, 3.8) is 0 Å². The fourth-order valence-electron chi connectivity index (χ4n) is 1.39. The first kappa shape index (κ1) is 16.7. The van der Waals surface area contributed by atoms with E-state index in [1.54, 1.807) is 32.9 Å². The van der Waals surface area contributed by atoms with Crippen molar-refractivity contribution in [3.8, 4) is 0 Å². The Morgan fingerprint density at radius 1 is 1.20 bits per heavy atom. The SMILES string of the molecule is CCOC(=O)c1ccc(BOC(C)(C)C(C)(C)O)cc1. The molecule has 4 nitrogen and oxygen atoms in total. The van der Waals surface area contributed by atoms with Crippen LogP contribution in [0.15, 0.2) is 24.3 Å². The molecule has 0 saturated carbocycles. The van der Waals surface area contributed by atoms with Gasteiger partial charge in [-0.2, -0.15) is 0 Å². The minimum Gasteiger partial charge on any atom is -0.462 e. The van der Waals surface area contributed by atoms with Gasteiger partial charge in [-0.1, -0.05) is 17.6 Å². The summed E-state index contributed by atoms with van der Waals surface area (Å²) < 4.78 is 10.7. The highest BCUT2D eigenvalue weighted by molar-refractivity contribution is 6.47. The van der Waals surface area contributed by atoms with E-state index in [2.05, 4.69) is 0 Å². The van der Waals surface area contributed by atoms with Crippen LogP contribution in [0.5, 0.6) is 0 Å². The molecule has 1 aromatic carbocycles. The lowest BCUT2D eigenvalue weighted by atomic mass is 9.82. The van der Waals surface area contributed by atoms with E-state index in [9.17, 15) is 9.90 Å². The number of esters is 1. The second-order valence-corrected chi connectivity index (χ2v) is 5.78. The molecule has 0 spiro atoms. The van der Waals surface area contributed by atoms with Crippen molar-refractivity contribution in [2.75, 3.05) is 6.61 Å². The van der Waals surface area contributed by atoms with Gasteiger partial charge in [0, 0.05) is 0 Å². The zero-order valence-corrected chi connectivity index (χ0v) is 12.9. The van der Waals surface area contributed by atoms with E-state index >= 15 is 0 Å². The Labute approximate surface area is 121 Å². The Morgan fingerprint density at radius 2 is 1.75 bits per heavy atom. The van der Waals surface area contributed by atoms with Crippen LogP contribution in [0.25, 0.3) is 0 Å². The number of hydrogen-bond donors (Lipinski definition) is 1. The number of hydrogen-bond acceptors (Lipinski definition) is 4. The largest absolute Gasteiger partial charge is 0.462 e. The lowest BCUT2D eigenvalue weighted by molar-refractivity contribution is -0.0893. The van der Waals surface area contributed by atoms with E-state index in [0.717, 1.165) is 5.46 Å². The molecule has 0 aliphatic carbocycles. The van der Waals surface area contributed by atoms with Gasteiger partial charge < -0.3 is 14.5 Å². The first-order valence-electron chi connectivity index (χ1n) is 6.80. The third kappa shape index (κ3) is 4.35. The predicted molar refractivity (Wildman–Crippen MR) is 80.6 cm³/mol. The van der Waals surface area contributed by atoms with Crippen LogP contribution in [0.3, 0.4) is 0 Å². The van der Waals surface area contributed by atoms with E-state index in [1.165, 1.54) is 0 Å². The molecule has 5 heteroatoms. The predicted octanol–water partition coefficient (Wildman–Crippen LogP) is 1.41. The number of carbonyl (C=O) groups is 1. The topological polar surface area (TPSA) is 55.8 Å². The lowest BCUT2D eigenvalue weighted by Crippen LogP contribution is -2.49. The zero-order chi connectivity index (χ0) is 15.4. The van der Waals surface area contributed by atoms with Gasteiger partial charge in [0.25, 0.3) is 0 Å². The average Bonchev–Trinajstić information content (AvgIpc) is 2.36. The molecular weight excluding hydrogens is 255 g/mol. The lowest BCUT2D eigenvalue weighted by Gasteiger charge is -2.37. The van der Waals surface area contributed by atoms with Crippen molar-refractivity contribution >= 4 is 18.9 Å². The van der Waals surface area contributed by atoms with Gasteiger partial charge in [-0.25, -0.2) is 4.79 Å². The fraction of sp³-hybridized carbons (Fsp3) is 0.533. The fourth-order valence-corrected chi connectivity index (χ4v) is 1.39. The summed E-state index contributed by atoms with van der Waals surface area (Å²) in [5, 5.41) is 10.0. The molecule has 0 fully saturated rings. The molecule has 1 rings (SSSR count). The number of benzene rings is 1. The summed E-state index contributed by atoms with van der Waals surface area (Å²) in [6.45, 7) is 9.27. The van der Waals surface area contributed by atoms with Gasteiger partial charge in [-0.05, 0) is 46.8 Å². The molecule has 0 atom stereocenters. The number of rotatable bonds is 6. The summed E-state index contributed by atoms with van der Waals surface area (Å²) in [4.78, 5) is 11.5. The maximum absolute atomic E-state index is 11.5. The minimum atomic E-state index is -0.933. The molecule has 0 unspecified atom stereocenters. The van der Waals surface area contributed by atoms with Crippen molar-refractivity contribution in [1.82, 2.24) is 0 Å². The van der Waals surface area contributed by atoms with E-state index in [0.29, 0.717) is 19.7 Å². The van der Waals surface area contributed by atoms with Crippen LogP contribution in [0, 0.1) is 0 Å². The number of aliphatic hydroxyl groups is 1. The summed E-state index contributed by atoms with van der Waals surface area (Å²) in [7, 11) is 0.375. The molecule has 0 heterocycles. The zero-order valence-electron chi connectivity index (χ0n) is 12.9. The van der Waals surface area contributed by atoms with Gasteiger partial charge >= 0.3 is 13.5 Å². The summed E-state index contributed by atoms with van der Waals surface area (Å²) in [6, 6.07) is 7.08. The van der Waals surface area contributed by atoms with Gasteiger partial charge in [-0.3, -0.25) is 0 Å². The highest BCUT2D eigenvalue weighted by atomic mass is 16.5. The van der Waals surface area contributed by atoms with Crippen LogP contribution in [0.2, 0.25) is 0 Å². The van der Waals surface area contributed by atoms with Crippen LogP contribution in [-0.4, -0.2) is 36.4 Å². The van der Waals surface area contributed by atoms with E-state index in [4.69, 9.17) is 9.39 Å². The van der Waals surface area contributed by atoms with Crippen LogP contribution in [0.4, 0.5) is 0 Å². The van der Waals surface area contributed by atoms with Gasteiger partial charge in [0.2, 0.25) is 0 Å². The maximum Gasteiger partial charge on any atom is 0.338 e. The third-order valence-corrected chi connectivity index (χ3v) is 3.54. The summed E-state index contributed by atoms with van der Waals surface area (Å²) >= 11 is 0. The first-order valence-corrected chi connectivity index (χ1v) is 6.80. The Kier molecular flexibility index (Phi) is 5.37. The molecule has 20 heavy (non-hydrogen) atoms. The molecule has 110 valence electrons. The van der Waals surface area contributed by atoms with Crippen molar-refractivity contribution in [3.05, 3.63) is 29.8 Å². The molecule has 0 amide bonds. The summed E-state index contributed by atoms with van der Waals surface area (Å²) in [6.07, 6.45) is 0. The second-order valence-electron chi connectivity index (χ2n) is 5.78. The first-order chi connectivity index (χ1) is 9.17. The Balaban J connectivity index is 2.65. The standard InChI is InChI=1S/C15H23BO4/c1-6-19-13(17)11-7-9-12(10-8-11)16-20-15(4,5)14(2,3)18/h7-10,16,18H,6H2,1-5H3. The normalized spacial score (nSPS) is 12.1. The van der Waals surface area contributed by atoms with Crippen molar-refractivity contribution in [1.29, 1.82) is 0 Å². The second kappa shape index (κ2) is 6.42. The quantitative estimate of drug-likeness (QED) is 0.631. The molecule has 0 aliphatic heterocycles. The van der Waals surface area contributed by atoms with Crippen LogP contribution < -0.4 is 5.46 Å². The smallest absolute Gasteiger partial charge is 0.338 e. The van der Waals surface area contributed by atoms with E-state index < -0.39 is 11.2 Å². The van der Waals surface area contributed by atoms with Crippen LogP contribution in [-0.2, 0) is 9.39 Å². The maximum atomic E-state index is 11.5. The monoisotopic (exact) mass is 278 g/mol. The molecule has 0 saturated heterocycles. The van der Waals surface area contributed by atoms with Gasteiger partial charge in [0.05, 0.1) is 23.4 Å². The third-order valence-electron chi connectivity index (χ3n) is 3.54. The molecule has 0 aliphatic rings. The van der Waals surface area contributed by atoms with Crippen molar-refractivity contribution in [2.24, 2.45) is 0 Å². The van der Waals surface area contributed by atoms with Crippen LogP contribution in [0.1, 0.15) is 45.0 Å².